The Kier molecular flexibility index (Phi) is 13.2. The second-order valence-corrected chi connectivity index (χ2v) is 10.3. The zero-order valence-electron chi connectivity index (χ0n) is 23.3. The van der Waals surface area contributed by atoms with E-state index in [1.165, 1.54) is 53.0 Å². The summed E-state index contributed by atoms with van der Waals surface area (Å²) in [5.74, 6) is -2.84. The van der Waals surface area contributed by atoms with Gasteiger partial charge in [-0.15, -0.1) is 13.2 Å². The van der Waals surface area contributed by atoms with Gasteiger partial charge in [-0.2, -0.15) is 5.10 Å². The Morgan fingerprint density at radius 2 is 1.72 bits per heavy atom. The molecule has 3 N–H and O–H groups in total. The van der Waals surface area contributed by atoms with Crippen molar-refractivity contribution in [2.75, 3.05) is 7.05 Å². The first-order valence-electron chi connectivity index (χ1n) is 13.2. The Hall–Kier alpha value is -2.97. The average molecular weight is 620 g/mol. The number of ether oxygens (including phenoxy) is 1. The summed E-state index contributed by atoms with van der Waals surface area (Å²) in [4.78, 5) is 25.8. The van der Waals surface area contributed by atoms with Crippen molar-refractivity contribution in [3.63, 3.8) is 0 Å². The molecule has 0 unspecified atom stereocenters. The number of aliphatic carboxylic acids is 1. The van der Waals surface area contributed by atoms with Crippen molar-refractivity contribution in [2.45, 2.75) is 70.6 Å². The molecular formula is C29H34F4N3NaO6. The van der Waals surface area contributed by atoms with Crippen molar-refractivity contribution < 1.29 is 47.2 Å². The number of benzene rings is 2. The first kappa shape index (κ1) is 36.2. The molecular weight excluding hydrogens is 585 g/mol. The molecule has 1 aromatic heterocycles. The van der Waals surface area contributed by atoms with Gasteiger partial charge in [-0.3, -0.25) is 9.59 Å². The van der Waals surface area contributed by atoms with Crippen molar-refractivity contribution in [3.05, 3.63) is 76.9 Å². The Bertz CT molecular complexity index is 1380. The third-order valence-electron chi connectivity index (χ3n) is 6.44. The monoisotopic (exact) mass is 619 g/mol. The van der Waals surface area contributed by atoms with Crippen LogP contribution in [0.2, 0.25) is 0 Å². The molecule has 1 amide bonds. The summed E-state index contributed by atoms with van der Waals surface area (Å²) in [6.07, 6.45) is -7.54. The van der Waals surface area contributed by atoms with Crippen LogP contribution in [-0.2, 0) is 17.8 Å². The molecule has 0 aliphatic rings. The number of alkyl halides is 3. The number of halogens is 4. The maximum absolute atomic E-state index is 13.7. The van der Waals surface area contributed by atoms with Crippen LogP contribution in [0, 0.1) is 5.82 Å². The third-order valence-corrected chi connectivity index (χ3v) is 6.44. The first-order valence-corrected chi connectivity index (χ1v) is 13.2. The van der Waals surface area contributed by atoms with Gasteiger partial charge in [0.1, 0.15) is 11.6 Å². The van der Waals surface area contributed by atoms with Crippen LogP contribution < -0.4 is 4.74 Å². The second kappa shape index (κ2) is 15.7. The fourth-order valence-corrected chi connectivity index (χ4v) is 4.65. The number of carbonyl (C=O) groups excluding carboxylic acids is 1. The van der Waals surface area contributed by atoms with Gasteiger partial charge in [-0.25, -0.2) is 9.07 Å². The third kappa shape index (κ3) is 10.6. The second-order valence-electron chi connectivity index (χ2n) is 10.3. The number of carboxylic acids is 1. The Labute approximate surface area is 268 Å². The summed E-state index contributed by atoms with van der Waals surface area (Å²) in [6, 6.07) is 10.7. The van der Waals surface area contributed by atoms with Gasteiger partial charge in [0.2, 0.25) is 0 Å². The van der Waals surface area contributed by atoms with Gasteiger partial charge >= 0.3 is 41.9 Å². The topological polar surface area (TPSA) is 125 Å². The minimum atomic E-state index is -4.86. The summed E-state index contributed by atoms with van der Waals surface area (Å²) >= 11 is 0. The van der Waals surface area contributed by atoms with Gasteiger partial charge in [-0.1, -0.05) is 26.0 Å². The zero-order chi connectivity index (χ0) is 31.2. The number of hydrogen-bond donors (Lipinski definition) is 3. The number of carbonyl (C=O) groups is 2. The van der Waals surface area contributed by atoms with E-state index in [0.717, 1.165) is 6.07 Å². The molecule has 3 rings (SSSR count). The van der Waals surface area contributed by atoms with Gasteiger partial charge < -0.3 is 25.0 Å². The van der Waals surface area contributed by atoms with Crippen LogP contribution in [0.1, 0.15) is 66.3 Å². The molecule has 0 radical (unpaired) electrons. The van der Waals surface area contributed by atoms with Gasteiger partial charge in [-0.05, 0) is 67.1 Å². The number of nitrogens with zero attached hydrogens (tertiary/aromatic N) is 3. The number of rotatable bonds is 13. The van der Waals surface area contributed by atoms with E-state index < -0.39 is 48.4 Å². The van der Waals surface area contributed by atoms with Crippen LogP contribution in [0.3, 0.4) is 0 Å². The molecule has 1 heterocycles. The van der Waals surface area contributed by atoms with Crippen molar-refractivity contribution in [1.29, 1.82) is 0 Å². The van der Waals surface area contributed by atoms with E-state index in [4.69, 9.17) is 5.11 Å². The van der Waals surface area contributed by atoms with Crippen LogP contribution in [0.15, 0.2) is 48.5 Å². The van der Waals surface area contributed by atoms with Gasteiger partial charge in [0.15, 0.2) is 5.69 Å². The normalized spacial score (nSPS) is 12.9. The molecule has 43 heavy (non-hydrogen) atoms. The maximum atomic E-state index is 13.7. The molecule has 14 heteroatoms. The fourth-order valence-electron chi connectivity index (χ4n) is 4.65. The van der Waals surface area contributed by atoms with Crippen LogP contribution in [0.4, 0.5) is 17.6 Å². The summed E-state index contributed by atoms with van der Waals surface area (Å²) in [5.41, 5.74) is 2.03. The van der Waals surface area contributed by atoms with Crippen LogP contribution in [0.5, 0.6) is 5.75 Å². The van der Waals surface area contributed by atoms with Crippen molar-refractivity contribution in [3.8, 4) is 11.4 Å². The SMILES string of the molecule is CC(C)c1c(C(=O)N(C)Cc2cccc(OC(F)(F)F)c2)nn(-c2ccc(F)cc2)c1CC[C@@H](O)C[C@@H](O)CC(=O)O.[NaH]. The van der Waals surface area contributed by atoms with E-state index in [9.17, 15) is 37.4 Å². The quantitative estimate of drug-likeness (QED) is 0.194. The van der Waals surface area contributed by atoms with E-state index in [-0.39, 0.29) is 67.0 Å². The molecule has 0 bridgehead atoms. The van der Waals surface area contributed by atoms with Crippen LogP contribution in [0.25, 0.3) is 5.69 Å². The van der Waals surface area contributed by atoms with Crippen molar-refractivity contribution in [2.24, 2.45) is 0 Å². The summed E-state index contributed by atoms with van der Waals surface area (Å²) in [5, 5.41) is 33.8. The van der Waals surface area contributed by atoms with Crippen molar-refractivity contribution >= 4 is 41.4 Å². The standard InChI is InChI=1S/C29H33F4N3O6.Na.H/c1-17(2)26-24(12-11-21(37)14-22(38)15-25(39)40)36(20-9-7-19(30)8-10-20)34-27(26)28(41)35(3)16-18-5-4-6-23(13-18)42-29(31,32)33;;/h4-10,13,17,21-22,37-38H,11-12,14-16H2,1-3H3,(H,39,40);;/t21-,22-;;/m1../s1. The molecule has 9 nitrogen and oxygen atoms in total. The molecule has 0 spiro atoms. The molecule has 0 fully saturated rings. The number of amides is 1. The zero-order valence-corrected chi connectivity index (χ0v) is 23.3. The fraction of sp³-hybridized carbons (Fsp3) is 0.414. The predicted octanol–water partition coefficient (Wildman–Crippen LogP) is 4.18. The average Bonchev–Trinajstić information content (AvgIpc) is 3.25. The molecule has 0 aliphatic heterocycles. The predicted molar refractivity (Wildman–Crippen MR) is 151 cm³/mol. The van der Waals surface area contributed by atoms with E-state index in [2.05, 4.69) is 9.84 Å². The molecule has 230 valence electrons. The Morgan fingerprint density at radius 1 is 1.07 bits per heavy atom. The summed E-state index contributed by atoms with van der Waals surface area (Å²) in [6.45, 7) is 3.64. The summed E-state index contributed by atoms with van der Waals surface area (Å²) in [7, 11) is 1.48. The number of aromatic nitrogens is 2. The Morgan fingerprint density at radius 3 is 2.30 bits per heavy atom. The van der Waals surface area contributed by atoms with Gasteiger partial charge in [0.25, 0.3) is 5.91 Å². The molecule has 0 saturated carbocycles. The van der Waals surface area contributed by atoms with E-state index in [1.807, 2.05) is 13.8 Å². The van der Waals surface area contributed by atoms with Crippen molar-refractivity contribution in [1.82, 2.24) is 14.7 Å². The van der Waals surface area contributed by atoms with E-state index in [0.29, 0.717) is 22.5 Å². The molecule has 3 aromatic rings. The molecule has 0 aliphatic carbocycles. The number of aliphatic hydroxyl groups is 2. The van der Waals surface area contributed by atoms with Crippen LogP contribution >= 0.6 is 0 Å². The number of hydrogen-bond acceptors (Lipinski definition) is 6. The Balaban J connectivity index is 0.00000645. The van der Waals surface area contributed by atoms with E-state index in [1.54, 1.807) is 6.07 Å². The number of aliphatic hydroxyl groups excluding tert-OH is 2. The number of carboxylic acid groups (broad SMARTS) is 1. The van der Waals surface area contributed by atoms with Crippen LogP contribution in [-0.4, -0.2) is 97.1 Å². The molecule has 2 aromatic carbocycles. The minimum absolute atomic E-state index is 0. The molecule has 0 saturated heterocycles. The van der Waals surface area contributed by atoms with Gasteiger partial charge in [0, 0.05) is 24.8 Å². The molecule has 2 atom stereocenters. The van der Waals surface area contributed by atoms with Gasteiger partial charge in [0.05, 0.1) is 24.3 Å². The van der Waals surface area contributed by atoms with E-state index >= 15 is 0 Å². The first-order chi connectivity index (χ1) is 19.6. The summed E-state index contributed by atoms with van der Waals surface area (Å²) < 4.78 is 57.1.